The molecule has 19 heavy (non-hydrogen) atoms. The molecule has 1 aliphatic carbocycles. The van der Waals surface area contributed by atoms with Gasteiger partial charge in [0.1, 0.15) is 5.54 Å². The Balaban J connectivity index is 2.53. The molecule has 1 aliphatic rings. The lowest BCUT2D eigenvalue weighted by Gasteiger charge is -2.31. The van der Waals surface area contributed by atoms with Crippen LogP contribution in [0.25, 0.3) is 0 Å². The van der Waals surface area contributed by atoms with E-state index < -0.39 is 21.5 Å². The van der Waals surface area contributed by atoms with E-state index in [2.05, 4.69) is 15.5 Å². The van der Waals surface area contributed by atoms with Crippen molar-refractivity contribution in [1.29, 1.82) is 5.26 Å². The minimum atomic E-state index is -3.54. The number of hydrogen-bond donors (Lipinski definition) is 1. The fourth-order valence-corrected chi connectivity index (χ4v) is 3.72. The number of esters is 1. The zero-order chi connectivity index (χ0) is 14.4. The highest BCUT2D eigenvalue weighted by atomic mass is 32.2. The summed E-state index contributed by atoms with van der Waals surface area (Å²) in [6, 6.07) is 2.10. The Morgan fingerprint density at radius 2 is 2.00 bits per heavy atom. The van der Waals surface area contributed by atoms with Crippen LogP contribution in [0.15, 0.2) is 0 Å². The zero-order valence-electron chi connectivity index (χ0n) is 11.1. The maximum atomic E-state index is 11.9. The number of carbonyl (C=O) groups excluding carboxylic acids is 1. The lowest BCUT2D eigenvalue weighted by Crippen LogP contribution is -2.49. The number of methoxy groups -OCH3 is 1. The summed E-state index contributed by atoms with van der Waals surface area (Å²) in [5.41, 5.74) is -0.956. The van der Waals surface area contributed by atoms with Gasteiger partial charge in [0.2, 0.25) is 10.0 Å². The Hall–Kier alpha value is -1.13. The van der Waals surface area contributed by atoms with Crippen molar-refractivity contribution in [2.75, 3.05) is 12.9 Å². The van der Waals surface area contributed by atoms with Gasteiger partial charge in [-0.2, -0.15) is 9.98 Å². The highest BCUT2D eigenvalue weighted by Gasteiger charge is 2.35. The van der Waals surface area contributed by atoms with E-state index in [1.54, 1.807) is 0 Å². The van der Waals surface area contributed by atoms with Crippen LogP contribution in [0.2, 0.25) is 0 Å². The van der Waals surface area contributed by atoms with E-state index in [1.165, 1.54) is 7.11 Å². The predicted octanol–water partition coefficient (Wildman–Crippen LogP) is 1.09. The molecule has 0 saturated heterocycles. The Bertz CT molecular complexity index is 447. The van der Waals surface area contributed by atoms with Crippen LogP contribution in [-0.2, 0) is 19.6 Å². The average molecular weight is 288 g/mol. The number of ether oxygens (including phenoxy) is 1. The lowest BCUT2D eigenvalue weighted by atomic mass is 9.84. The molecule has 0 amide bonds. The number of nitrogens with one attached hydrogen (secondary N) is 1. The molecule has 0 heterocycles. The maximum Gasteiger partial charge on any atom is 0.305 e. The SMILES string of the molecule is COC(=O)CCCS(=O)(=O)NC1(C#N)CCCCC1. The first-order valence-electron chi connectivity index (χ1n) is 6.43. The molecule has 108 valence electrons. The van der Waals surface area contributed by atoms with E-state index >= 15 is 0 Å². The largest absolute Gasteiger partial charge is 0.469 e. The van der Waals surface area contributed by atoms with Crippen LogP contribution < -0.4 is 4.72 Å². The lowest BCUT2D eigenvalue weighted by molar-refractivity contribution is -0.140. The molecule has 0 spiro atoms. The second-order valence-corrected chi connectivity index (χ2v) is 6.70. The van der Waals surface area contributed by atoms with Gasteiger partial charge in [-0.05, 0) is 19.3 Å². The zero-order valence-corrected chi connectivity index (χ0v) is 12.0. The van der Waals surface area contributed by atoms with Crippen molar-refractivity contribution >= 4 is 16.0 Å². The van der Waals surface area contributed by atoms with Crippen molar-refractivity contribution in [2.24, 2.45) is 0 Å². The molecule has 7 heteroatoms. The first kappa shape index (κ1) is 15.9. The van der Waals surface area contributed by atoms with Gasteiger partial charge in [-0.1, -0.05) is 19.3 Å². The summed E-state index contributed by atoms with van der Waals surface area (Å²) in [6.07, 6.45) is 4.13. The topological polar surface area (TPSA) is 96.3 Å². The van der Waals surface area contributed by atoms with Crippen molar-refractivity contribution in [3.05, 3.63) is 0 Å². The van der Waals surface area contributed by atoms with Gasteiger partial charge >= 0.3 is 5.97 Å². The van der Waals surface area contributed by atoms with Crippen LogP contribution >= 0.6 is 0 Å². The highest BCUT2D eigenvalue weighted by molar-refractivity contribution is 7.89. The van der Waals surface area contributed by atoms with E-state index in [0.717, 1.165) is 19.3 Å². The van der Waals surface area contributed by atoms with Crippen molar-refractivity contribution < 1.29 is 17.9 Å². The monoisotopic (exact) mass is 288 g/mol. The van der Waals surface area contributed by atoms with E-state index in [4.69, 9.17) is 0 Å². The van der Waals surface area contributed by atoms with Gasteiger partial charge in [0.15, 0.2) is 0 Å². The second-order valence-electron chi connectivity index (χ2n) is 4.86. The first-order valence-corrected chi connectivity index (χ1v) is 8.08. The molecule has 1 fully saturated rings. The molecule has 1 saturated carbocycles. The number of carbonyl (C=O) groups is 1. The summed E-state index contributed by atoms with van der Waals surface area (Å²) < 4.78 is 30.8. The molecule has 0 aromatic carbocycles. The van der Waals surface area contributed by atoms with Crippen LogP contribution in [0, 0.1) is 11.3 Å². The summed E-state index contributed by atoms with van der Waals surface area (Å²) in [4.78, 5) is 10.9. The fraction of sp³-hybridized carbons (Fsp3) is 0.833. The molecule has 0 radical (unpaired) electrons. The van der Waals surface area contributed by atoms with Crippen molar-refractivity contribution in [3.8, 4) is 6.07 Å². The van der Waals surface area contributed by atoms with Crippen molar-refractivity contribution in [2.45, 2.75) is 50.5 Å². The fourth-order valence-electron chi connectivity index (χ4n) is 2.25. The molecule has 0 atom stereocenters. The van der Waals surface area contributed by atoms with Crippen molar-refractivity contribution in [3.63, 3.8) is 0 Å². The predicted molar refractivity (Wildman–Crippen MR) is 69.6 cm³/mol. The molecule has 1 N–H and O–H groups in total. The third kappa shape index (κ3) is 5.17. The number of nitriles is 1. The average Bonchev–Trinajstić information content (AvgIpc) is 2.38. The molecule has 0 aliphatic heterocycles. The van der Waals surface area contributed by atoms with Gasteiger partial charge in [-0.3, -0.25) is 4.79 Å². The molecular weight excluding hydrogens is 268 g/mol. The maximum absolute atomic E-state index is 11.9. The number of hydrogen-bond acceptors (Lipinski definition) is 5. The third-order valence-corrected chi connectivity index (χ3v) is 4.82. The Labute approximate surface area is 114 Å². The normalized spacial score (nSPS) is 18.5. The van der Waals surface area contributed by atoms with E-state index in [-0.39, 0.29) is 18.6 Å². The summed E-state index contributed by atoms with van der Waals surface area (Å²) in [5.74, 6) is -0.589. The summed E-state index contributed by atoms with van der Waals surface area (Å²) >= 11 is 0. The molecule has 1 rings (SSSR count). The highest BCUT2D eigenvalue weighted by Crippen LogP contribution is 2.28. The van der Waals surface area contributed by atoms with Gasteiger partial charge < -0.3 is 4.74 Å². The van der Waals surface area contributed by atoms with Gasteiger partial charge in [0, 0.05) is 6.42 Å². The van der Waals surface area contributed by atoms with E-state index in [1.807, 2.05) is 0 Å². The number of sulfonamides is 1. The third-order valence-electron chi connectivity index (χ3n) is 3.29. The van der Waals surface area contributed by atoms with Crippen molar-refractivity contribution in [1.82, 2.24) is 4.72 Å². The van der Waals surface area contributed by atoms with Crippen LogP contribution in [0.3, 0.4) is 0 Å². The molecule has 0 aromatic heterocycles. The Morgan fingerprint density at radius 1 is 1.37 bits per heavy atom. The van der Waals surface area contributed by atoms with Gasteiger partial charge in [-0.15, -0.1) is 0 Å². The molecule has 6 nitrogen and oxygen atoms in total. The summed E-state index contributed by atoms with van der Waals surface area (Å²) in [5, 5.41) is 9.21. The van der Waals surface area contributed by atoms with E-state index in [0.29, 0.717) is 12.8 Å². The quantitative estimate of drug-likeness (QED) is 0.738. The first-order chi connectivity index (χ1) is 8.93. The van der Waals surface area contributed by atoms with Crippen LogP contribution in [0.4, 0.5) is 0 Å². The van der Waals surface area contributed by atoms with Crippen LogP contribution in [0.1, 0.15) is 44.9 Å². The molecule has 0 bridgehead atoms. The minimum absolute atomic E-state index is 0.0664. The molecule has 0 unspecified atom stereocenters. The summed E-state index contributed by atoms with van der Waals surface area (Å²) in [7, 11) is -2.27. The van der Waals surface area contributed by atoms with E-state index in [9.17, 15) is 18.5 Å². The smallest absolute Gasteiger partial charge is 0.305 e. The van der Waals surface area contributed by atoms with Gasteiger partial charge in [0.05, 0.1) is 18.9 Å². The van der Waals surface area contributed by atoms with Gasteiger partial charge in [-0.25, -0.2) is 8.42 Å². The molecular formula is C12H20N2O4S. The summed E-state index contributed by atoms with van der Waals surface area (Å²) in [6.45, 7) is 0. The Kier molecular flexibility index (Phi) is 5.76. The van der Waals surface area contributed by atoms with Crippen LogP contribution in [-0.4, -0.2) is 32.8 Å². The number of nitrogens with zero attached hydrogens (tertiary/aromatic N) is 1. The van der Waals surface area contributed by atoms with Gasteiger partial charge in [0.25, 0.3) is 0 Å². The van der Waals surface area contributed by atoms with Crippen LogP contribution in [0.5, 0.6) is 0 Å². The Morgan fingerprint density at radius 3 is 2.53 bits per heavy atom. The second kappa shape index (κ2) is 6.87. The molecule has 0 aromatic rings. The minimum Gasteiger partial charge on any atom is -0.469 e. The standard InChI is InChI=1S/C12H20N2O4S/c1-18-11(15)6-5-9-19(16,17)14-12(10-13)7-3-2-4-8-12/h14H,2-9H2,1H3. The number of rotatable bonds is 6.